The topological polar surface area (TPSA) is 59.4 Å². The Morgan fingerprint density at radius 1 is 1.64 bits per heavy atom. The van der Waals surface area contributed by atoms with Gasteiger partial charge in [0.05, 0.1) is 13.3 Å². The molecule has 0 aliphatic rings. The lowest BCUT2D eigenvalue weighted by Gasteiger charge is -1.93. The molecule has 1 aromatic heterocycles. The van der Waals surface area contributed by atoms with Crippen molar-refractivity contribution >= 4 is 29.2 Å². The zero-order chi connectivity index (χ0) is 11.0. The van der Waals surface area contributed by atoms with Crippen molar-refractivity contribution < 1.29 is 14.6 Å². The predicted octanol–water partition coefficient (Wildman–Crippen LogP) is 1.96. The minimum absolute atomic E-state index is 0.799. The molecule has 6 heteroatoms. The van der Waals surface area contributed by atoms with Gasteiger partial charge < -0.3 is 9.84 Å². The van der Waals surface area contributed by atoms with Gasteiger partial charge in [0.1, 0.15) is 5.75 Å². The lowest BCUT2D eigenvalue weighted by atomic mass is 10.5. The standard InChI is InChI=1S/C6H7NO.C2H2Cl2O2/c1-8-6-3-2-4-7-5-6;3-1(4)2(5)6/h2-5H,1H3;1H,(H,5,6). The Morgan fingerprint density at radius 3 is 2.43 bits per heavy atom. The first kappa shape index (κ1) is 13.0. The molecule has 14 heavy (non-hydrogen) atoms. The van der Waals surface area contributed by atoms with Crippen molar-refractivity contribution in [2.75, 3.05) is 7.11 Å². The number of carboxylic acids is 1. The number of aliphatic carboxylic acids is 1. The fraction of sp³-hybridized carbons (Fsp3) is 0.250. The predicted molar refractivity (Wildman–Crippen MR) is 53.9 cm³/mol. The van der Waals surface area contributed by atoms with Crippen LogP contribution in [0.15, 0.2) is 24.5 Å². The van der Waals surface area contributed by atoms with Crippen LogP contribution in [0.2, 0.25) is 0 Å². The molecule has 0 saturated carbocycles. The second-order valence-corrected chi connectivity index (χ2v) is 3.13. The first-order valence-electron chi connectivity index (χ1n) is 3.53. The van der Waals surface area contributed by atoms with E-state index in [-0.39, 0.29) is 0 Å². The maximum Gasteiger partial charge on any atom is 0.337 e. The van der Waals surface area contributed by atoms with E-state index in [1.807, 2.05) is 12.1 Å². The van der Waals surface area contributed by atoms with Crippen molar-refractivity contribution in [3.05, 3.63) is 24.5 Å². The molecule has 0 aromatic carbocycles. The van der Waals surface area contributed by atoms with E-state index < -0.39 is 10.8 Å². The highest BCUT2D eigenvalue weighted by molar-refractivity contribution is 6.52. The molecule has 1 aromatic rings. The maximum absolute atomic E-state index is 9.44. The van der Waals surface area contributed by atoms with Gasteiger partial charge in [-0.05, 0) is 12.1 Å². The molecule has 0 radical (unpaired) electrons. The minimum atomic E-state index is -1.29. The zero-order valence-electron chi connectivity index (χ0n) is 7.35. The van der Waals surface area contributed by atoms with Gasteiger partial charge in [-0.1, -0.05) is 23.2 Å². The molecule has 0 fully saturated rings. The Hall–Kier alpha value is -1.00. The van der Waals surface area contributed by atoms with E-state index in [0.29, 0.717) is 0 Å². The summed E-state index contributed by atoms with van der Waals surface area (Å²) in [4.78, 5) is 12.0. The molecule has 1 N–H and O–H groups in total. The number of hydrogen-bond donors (Lipinski definition) is 1. The summed E-state index contributed by atoms with van der Waals surface area (Å²) in [5.41, 5.74) is 0. The van der Waals surface area contributed by atoms with Crippen molar-refractivity contribution in [1.29, 1.82) is 0 Å². The van der Waals surface area contributed by atoms with Gasteiger partial charge in [-0.3, -0.25) is 4.98 Å². The molecule has 0 aliphatic carbocycles. The Balaban J connectivity index is 0.000000255. The van der Waals surface area contributed by atoms with E-state index in [1.54, 1.807) is 19.5 Å². The van der Waals surface area contributed by atoms with Crippen LogP contribution in [0.4, 0.5) is 0 Å². The van der Waals surface area contributed by atoms with E-state index in [0.717, 1.165) is 5.75 Å². The first-order chi connectivity index (χ1) is 6.57. The van der Waals surface area contributed by atoms with Gasteiger partial charge in [0.15, 0.2) is 0 Å². The average Bonchev–Trinajstić information content (AvgIpc) is 2.20. The Morgan fingerprint density at radius 2 is 2.21 bits per heavy atom. The largest absolute Gasteiger partial charge is 0.495 e. The van der Waals surface area contributed by atoms with Crippen LogP contribution in [0.3, 0.4) is 0 Å². The molecule has 0 saturated heterocycles. The Bertz CT molecular complexity index is 267. The summed E-state index contributed by atoms with van der Waals surface area (Å²) >= 11 is 9.56. The number of carboxylic acid groups (broad SMARTS) is 1. The van der Waals surface area contributed by atoms with Gasteiger partial charge in [0.2, 0.25) is 4.84 Å². The van der Waals surface area contributed by atoms with Crippen LogP contribution >= 0.6 is 23.2 Å². The van der Waals surface area contributed by atoms with Gasteiger partial charge in [0, 0.05) is 6.20 Å². The van der Waals surface area contributed by atoms with Gasteiger partial charge in [-0.2, -0.15) is 0 Å². The van der Waals surface area contributed by atoms with Gasteiger partial charge in [0.25, 0.3) is 0 Å². The van der Waals surface area contributed by atoms with Gasteiger partial charge in [-0.15, -0.1) is 0 Å². The lowest BCUT2D eigenvalue weighted by Crippen LogP contribution is -2.03. The second-order valence-electron chi connectivity index (χ2n) is 2.03. The first-order valence-corrected chi connectivity index (χ1v) is 4.40. The fourth-order valence-electron chi connectivity index (χ4n) is 0.468. The van der Waals surface area contributed by atoms with Crippen molar-refractivity contribution in [2.45, 2.75) is 4.84 Å². The molecular formula is C8H9Cl2NO3. The Kier molecular flexibility index (Phi) is 6.88. The number of pyridine rings is 1. The molecule has 1 rings (SSSR count). The van der Waals surface area contributed by atoms with Crippen LogP contribution in [0, 0.1) is 0 Å². The Labute approximate surface area is 91.4 Å². The van der Waals surface area contributed by atoms with Gasteiger partial charge in [-0.25, -0.2) is 4.79 Å². The minimum Gasteiger partial charge on any atom is -0.495 e. The molecular weight excluding hydrogens is 229 g/mol. The smallest absolute Gasteiger partial charge is 0.337 e. The monoisotopic (exact) mass is 237 g/mol. The number of alkyl halides is 2. The fourth-order valence-corrected chi connectivity index (χ4v) is 0.468. The van der Waals surface area contributed by atoms with Crippen molar-refractivity contribution in [2.24, 2.45) is 0 Å². The third kappa shape index (κ3) is 6.51. The second kappa shape index (κ2) is 7.41. The quantitative estimate of drug-likeness (QED) is 0.800. The molecule has 1 heterocycles. The average molecular weight is 238 g/mol. The van der Waals surface area contributed by atoms with E-state index in [4.69, 9.17) is 33.0 Å². The third-order valence-corrected chi connectivity index (χ3v) is 1.43. The highest BCUT2D eigenvalue weighted by atomic mass is 35.5. The summed E-state index contributed by atoms with van der Waals surface area (Å²) in [5.74, 6) is -0.411. The zero-order valence-corrected chi connectivity index (χ0v) is 8.87. The molecule has 78 valence electrons. The molecule has 4 nitrogen and oxygen atoms in total. The summed E-state index contributed by atoms with van der Waals surface area (Å²) in [6.45, 7) is 0. The summed E-state index contributed by atoms with van der Waals surface area (Å²) in [7, 11) is 1.62. The highest BCUT2D eigenvalue weighted by Gasteiger charge is 2.05. The maximum atomic E-state index is 9.44. The summed E-state index contributed by atoms with van der Waals surface area (Å²) in [6, 6.07) is 3.69. The number of rotatable bonds is 2. The number of hydrogen-bond acceptors (Lipinski definition) is 3. The number of nitrogens with zero attached hydrogens (tertiary/aromatic N) is 1. The normalized spacial score (nSPS) is 8.86. The number of halogens is 2. The van der Waals surface area contributed by atoms with Crippen LogP contribution in [0.5, 0.6) is 5.75 Å². The van der Waals surface area contributed by atoms with Gasteiger partial charge >= 0.3 is 5.97 Å². The summed E-state index contributed by atoms with van der Waals surface area (Å²) in [6.07, 6.45) is 3.38. The van der Waals surface area contributed by atoms with Crippen LogP contribution in [0.1, 0.15) is 0 Å². The molecule has 0 atom stereocenters. The van der Waals surface area contributed by atoms with Crippen LogP contribution in [-0.2, 0) is 4.79 Å². The number of methoxy groups -OCH3 is 1. The van der Waals surface area contributed by atoms with E-state index in [2.05, 4.69) is 4.98 Å². The molecule has 0 aliphatic heterocycles. The van der Waals surface area contributed by atoms with E-state index in [9.17, 15) is 4.79 Å². The molecule has 0 amide bonds. The number of ether oxygens (including phenoxy) is 1. The lowest BCUT2D eigenvalue weighted by molar-refractivity contribution is -0.135. The summed E-state index contributed by atoms with van der Waals surface area (Å²) in [5, 5.41) is 7.73. The highest BCUT2D eigenvalue weighted by Crippen LogP contribution is 2.02. The van der Waals surface area contributed by atoms with Crippen LogP contribution in [0.25, 0.3) is 0 Å². The van der Waals surface area contributed by atoms with Crippen LogP contribution in [-0.4, -0.2) is 28.0 Å². The molecule has 0 unspecified atom stereocenters. The molecule has 0 bridgehead atoms. The van der Waals surface area contributed by atoms with Crippen LogP contribution < -0.4 is 4.74 Å². The third-order valence-electron chi connectivity index (χ3n) is 1.06. The number of aromatic nitrogens is 1. The van der Waals surface area contributed by atoms with E-state index in [1.165, 1.54) is 0 Å². The number of carbonyl (C=O) groups is 1. The summed E-state index contributed by atoms with van der Waals surface area (Å²) < 4.78 is 4.85. The van der Waals surface area contributed by atoms with Crippen molar-refractivity contribution in [1.82, 2.24) is 4.98 Å². The van der Waals surface area contributed by atoms with Crippen molar-refractivity contribution in [3.63, 3.8) is 0 Å². The molecule has 0 spiro atoms. The van der Waals surface area contributed by atoms with E-state index >= 15 is 0 Å². The SMILES string of the molecule is COc1cccnc1.O=C(O)C(Cl)Cl. The van der Waals surface area contributed by atoms with Crippen molar-refractivity contribution in [3.8, 4) is 5.75 Å².